The fourth-order valence-electron chi connectivity index (χ4n) is 4.40. The minimum atomic E-state index is -0.176. The zero-order valence-corrected chi connectivity index (χ0v) is 18.7. The van der Waals surface area contributed by atoms with Crippen LogP contribution in [-0.2, 0) is 6.54 Å². The first-order valence-corrected chi connectivity index (χ1v) is 11.2. The van der Waals surface area contributed by atoms with Crippen LogP contribution in [0.5, 0.6) is 0 Å². The highest BCUT2D eigenvalue weighted by molar-refractivity contribution is 5.77. The number of hydrogen-bond donors (Lipinski definition) is 1. The first-order valence-electron chi connectivity index (χ1n) is 11.2. The molecule has 0 saturated carbocycles. The summed E-state index contributed by atoms with van der Waals surface area (Å²) in [7, 11) is 2.18. The molecular formula is C25H27N7O. The number of pyridine rings is 1. The second-order valence-corrected chi connectivity index (χ2v) is 8.43. The van der Waals surface area contributed by atoms with Crippen molar-refractivity contribution in [1.29, 1.82) is 0 Å². The number of hydrogen-bond acceptors (Lipinski definition) is 6. The minimum absolute atomic E-state index is 0.176. The Hall–Kier alpha value is -3.78. The third-order valence-corrected chi connectivity index (χ3v) is 6.20. The van der Waals surface area contributed by atoms with E-state index in [9.17, 15) is 4.79 Å². The number of anilines is 2. The molecule has 0 radical (unpaired) electrons. The van der Waals surface area contributed by atoms with Crippen LogP contribution in [0.15, 0.2) is 72.3 Å². The molecule has 8 nitrogen and oxygen atoms in total. The zero-order valence-electron chi connectivity index (χ0n) is 18.7. The van der Waals surface area contributed by atoms with E-state index in [0.717, 1.165) is 18.8 Å². The molecule has 4 heterocycles. The number of rotatable bonds is 6. The van der Waals surface area contributed by atoms with Gasteiger partial charge in [-0.05, 0) is 68.7 Å². The number of piperidine rings is 1. The van der Waals surface area contributed by atoms with Crippen molar-refractivity contribution < 1.29 is 0 Å². The molecule has 1 aliphatic heterocycles. The van der Waals surface area contributed by atoms with E-state index in [1.807, 2.05) is 18.2 Å². The molecule has 0 atom stereocenters. The van der Waals surface area contributed by atoms with Gasteiger partial charge in [0.2, 0.25) is 5.95 Å². The lowest BCUT2D eigenvalue weighted by Gasteiger charge is -2.29. The Kier molecular flexibility index (Phi) is 5.75. The van der Waals surface area contributed by atoms with Gasteiger partial charge in [0.25, 0.3) is 5.56 Å². The molecule has 168 valence electrons. The standard InChI is InChI=1S/C25H27N7O/c1-3-14-31-24(33)21-17-27-25(29-23(21)32(31)22-6-4-5-13-26-22)28-20-9-7-18(8-10-20)19-11-15-30(2)16-12-19/h3-10,13,17,19H,1,11-12,14-16H2,2H3,(H,27,28,29). The van der Waals surface area contributed by atoms with Crippen LogP contribution < -0.4 is 10.9 Å². The molecule has 0 unspecified atom stereocenters. The smallest absolute Gasteiger partial charge is 0.278 e. The molecule has 1 aromatic carbocycles. The lowest BCUT2D eigenvalue weighted by Crippen LogP contribution is -2.29. The summed E-state index contributed by atoms with van der Waals surface area (Å²) in [6.45, 7) is 6.40. The molecular weight excluding hydrogens is 414 g/mol. The molecule has 4 aromatic rings. The van der Waals surface area contributed by atoms with Gasteiger partial charge in [0.05, 0.1) is 6.54 Å². The van der Waals surface area contributed by atoms with Gasteiger partial charge in [-0.25, -0.2) is 19.3 Å². The molecule has 0 aliphatic carbocycles. The number of fused-ring (bicyclic) bond motifs is 1. The van der Waals surface area contributed by atoms with Gasteiger partial charge in [-0.1, -0.05) is 24.3 Å². The average molecular weight is 442 g/mol. The summed E-state index contributed by atoms with van der Waals surface area (Å²) in [6.07, 6.45) is 7.32. The summed E-state index contributed by atoms with van der Waals surface area (Å²) in [5.41, 5.74) is 2.60. The van der Waals surface area contributed by atoms with Crippen LogP contribution in [0.2, 0.25) is 0 Å². The van der Waals surface area contributed by atoms with Gasteiger partial charge in [0, 0.05) is 18.1 Å². The van der Waals surface area contributed by atoms with Gasteiger partial charge in [-0.2, -0.15) is 4.98 Å². The van der Waals surface area contributed by atoms with E-state index in [-0.39, 0.29) is 5.56 Å². The molecule has 0 amide bonds. The molecule has 0 bridgehead atoms. The fraction of sp³-hybridized carbons (Fsp3) is 0.280. The van der Waals surface area contributed by atoms with Crippen molar-refractivity contribution in [2.45, 2.75) is 25.3 Å². The second kappa shape index (κ2) is 8.99. The number of nitrogens with zero attached hydrogens (tertiary/aromatic N) is 6. The van der Waals surface area contributed by atoms with E-state index in [2.05, 4.69) is 63.1 Å². The van der Waals surface area contributed by atoms with Crippen LogP contribution in [0.25, 0.3) is 16.9 Å². The summed E-state index contributed by atoms with van der Waals surface area (Å²) in [4.78, 5) is 28.8. The lowest BCUT2D eigenvalue weighted by atomic mass is 9.89. The van der Waals surface area contributed by atoms with Crippen molar-refractivity contribution in [3.8, 4) is 5.82 Å². The minimum Gasteiger partial charge on any atom is -0.324 e. The third-order valence-electron chi connectivity index (χ3n) is 6.20. The van der Waals surface area contributed by atoms with Gasteiger partial charge in [-0.15, -0.1) is 6.58 Å². The summed E-state index contributed by atoms with van der Waals surface area (Å²) >= 11 is 0. The van der Waals surface area contributed by atoms with Gasteiger partial charge in [0.1, 0.15) is 5.39 Å². The van der Waals surface area contributed by atoms with E-state index < -0.39 is 0 Å². The number of allylic oxidation sites excluding steroid dienone is 1. The van der Waals surface area contributed by atoms with Crippen LogP contribution in [0, 0.1) is 0 Å². The predicted molar refractivity (Wildman–Crippen MR) is 130 cm³/mol. The molecule has 1 saturated heterocycles. The number of nitrogens with one attached hydrogen (secondary N) is 1. The quantitative estimate of drug-likeness (QED) is 0.460. The first kappa shape index (κ1) is 21.1. The summed E-state index contributed by atoms with van der Waals surface area (Å²) in [6, 6.07) is 14.1. The Bertz CT molecular complexity index is 1320. The van der Waals surface area contributed by atoms with Crippen LogP contribution in [0.3, 0.4) is 0 Å². The van der Waals surface area contributed by atoms with Gasteiger partial charge in [-0.3, -0.25) is 4.79 Å². The van der Waals surface area contributed by atoms with Crippen molar-refractivity contribution in [3.05, 3.63) is 83.4 Å². The highest BCUT2D eigenvalue weighted by Gasteiger charge is 2.19. The maximum Gasteiger partial charge on any atom is 0.278 e. The van der Waals surface area contributed by atoms with Gasteiger partial charge in [0.15, 0.2) is 11.5 Å². The summed E-state index contributed by atoms with van der Waals surface area (Å²) in [5, 5.41) is 3.71. The number of benzene rings is 1. The van der Waals surface area contributed by atoms with E-state index in [1.54, 1.807) is 27.8 Å². The Labute approximate surface area is 192 Å². The van der Waals surface area contributed by atoms with Crippen molar-refractivity contribution in [2.75, 3.05) is 25.5 Å². The van der Waals surface area contributed by atoms with Crippen LogP contribution in [-0.4, -0.2) is 49.4 Å². The zero-order chi connectivity index (χ0) is 22.8. The lowest BCUT2D eigenvalue weighted by molar-refractivity contribution is 0.255. The maximum absolute atomic E-state index is 13.0. The number of aromatic nitrogens is 5. The van der Waals surface area contributed by atoms with E-state index in [1.165, 1.54) is 18.4 Å². The number of likely N-dealkylation sites (tertiary alicyclic amines) is 1. The monoisotopic (exact) mass is 441 g/mol. The van der Waals surface area contributed by atoms with Crippen molar-refractivity contribution in [3.63, 3.8) is 0 Å². The molecule has 1 N–H and O–H groups in total. The Morgan fingerprint density at radius 2 is 1.91 bits per heavy atom. The van der Waals surface area contributed by atoms with Crippen LogP contribution >= 0.6 is 0 Å². The van der Waals surface area contributed by atoms with E-state index >= 15 is 0 Å². The van der Waals surface area contributed by atoms with E-state index in [0.29, 0.717) is 35.3 Å². The molecule has 5 rings (SSSR count). The average Bonchev–Trinajstić information content (AvgIpc) is 3.12. The third kappa shape index (κ3) is 4.17. The summed E-state index contributed by atoms with van der Waals surface area (Å²) < 4.78 is 3.28. The van der Waals surface area contributed by atoms with E-state index in [4.69, 9.17) is 0 Å². The fourth-order valence-corrected chi connectivity index (χ4v) is 4.40. The highest BCUT2D eigenvalue weighted by atomic mass is 16.1. The molecule has 1 aliphatic rings. The topological polar surface area (TPSA) is 80.9 Å². The Morgan fingerprint density at radius 1 is 1.12 bits per heavy atom. The van der Waals surface area contributed by atoms with Crippen LogP contribution in [0.4, 0.5) is 11.6 Å². The van der Waals surface area contributed by atoms with Crippen molar-refractivity contribution in [1.82, 2.24) is 29.2 Å². The highest BCUT2D eigenvalue weighted by Crippen LogP contribution is 2.28. The molecule has 1 fully saturated rings. The molecule has 8 heteroatoms. The summed E-state index contributed by atoms with van der Waals surface area (Å²) in [5.74, 6) is 1.65. The van der Waals surface area contributed by atoms with Crippen LogP contribution in [0.1, 0.15) is 24.3 Å². The Morgan fingerprint density at radius 3 is 2.61 bits per heavy atom. The predicted octanol–water partition coefficient (Wildman–Crippen LogP) is 3.72. The first-order chi connectivity index (χ1) is 16.1. The normalized spacial score (nSPS) is 15.1. The molecule has 3 aromatic heterocycles. The Balaban J connectivity index is 1.46. The molecule has 33 heavy (non-hydrogen) atoms. The SMILES string of the molecule is C=CCn1c(=O)c2cnc(Nc3ccc(C4CCN(C)CC4)cc3)nc2n1-c1ccccn1. The largest absolute Gasteiger partial charge is 0.324 e. The van der Waals surface area contributed by atoms with Gasteiger partial charge < -0.3 is 10.2 Å². The second-order valence-electron chi connectivity index (χ2n) is 8.43. The molecule has 0 spiro atoms. The maximum atomic E-state index is 13.0. The van der Waals surface area contributed by atoms with Gasteiger partial charge >= 0.3 is 0 Å². The van der Waals surface area contributed by atoms with Crippen molar-refractivity contribution in [2.24, 2.45) is 0 Å². The van der Waals surface area contributed by atoms with Crippen molar-refractivity contribution >= 4 is 22.7 Å².